The minimum Gasteiger partial charge on any atom is -0.347 e. The highest BCUT2D eigenvalue weighted by Gasteiger charge is 2.07. The molecule has 1 aromatic heterocycles. The Balaban J connectivity index is 2.37. The van der Waals surface area contributed by atoms with E-state index in [1.165, 1.54) is 22.9 Å². The van der Waals surface area contributed by atoms with E-state index in [-0.39, 0.29) is 0 Å². The number of hydrogen-bond donors (Lipinski definition) is 1. The molecule has 0 aliphatic rings. The van der Waals surface area contributed by atoms with Crippen molar-refractivity contribution in [1.82, 2.24) is 9.88 Å². The van der Waals surface area contributed by atoms with Gasteiger partial charge >= 0.3 is 0 Å². The van der Waals surface area contributed by atoms with Crippen LogP contribution in [0, 0.1) is 0 Å². The molecule has 1 aromatic carbocycles. The number of likely N-dealkylation sites (N-methyl/N-ethyl adjacent to an activating group) is 1. The van der Waals surface area contributed by atoms with Gasteiger partial charge in [0, 0.05) is 29.7 Å². The summed E-state index contributed by atoms with van der Waals surface area (Å²) in [6.45, 7) is 5.55. The number of nitrogens with zero attached hydrogens (tertiary/aromatic N) is 1. The summed E-state index contributed by atoms with van der Waals surface area (Å²) in [4.78, 5) is 0. The van der Waals surface area contributed by atoms with E-state index >= 15 is 0 Å². The predicted octanol–water partition coefficient (Wildman–Crippen LogP) is 3.20. The third-order valence-corrected chi connectivity index (χ3v) is 3.39. The lowest BCUT2D eigenvalue weighted by atomic mass is 10.0. The van der Waals surface area contributed by atoms with Crippen LogP contribution in [0.3, 0.4) is 0 Å². The van der Waals surface area contributed by atoms with Crippen LogP contribution in [0.15, 0.2) is 30.5 Å². The Labute approximate surface area is 104 Å². The molecule has 0 radical (unpaired) electrons. The van der Waals surface area contributed by atoms with E-state index in [1.54, 1.807) is 0 Å². The summed E-state index contributed by atoms with van der Waals surface area (Å²) in [6.07, 6.45) is 4.48. The van der Waals surface area contributed by atoms with Gasteiger partial charge in [0.2, 0.25) is 0 Å². The molecule has 0 fully saturated rings. The molecular formula is C15H22N2. The van der Waals surface area contributed by atoms with Gasteiger partial charge < -0.3 is 9.88 Å². The lowest BCUT2D eigenvalue weighted by molar-refractivity contribution is 0.610. The van der Waals surface area contributed by atoms with E-state index in [1.807, 2.05) is 7.05 Å². The number of rotatable bonds is 5. The number of aromatic nitrogens is 1. The lowest BCUT2D eigenvalue weighted by Crippen LogP contribution is -2.23. The van der Waals surface area contributed by atoms with Crippen LogP contribution in [0.2, 0.25) is 0 Å². The Kier molecular flexibility index (Phi) is 3.85. The monoisotopic (exact) mass is 230 g/mol. The average Bonchev–Trinajstić information content (AvgIpc) is 2.74. The first-order valence-electron chi connectivity index (χ1n) is 6.50. The molecule has 1 atom stereocenters. The maximum atomic E-state index is 3.30. The summed E-state index contributed by atoms with van der Waals surface area (Å²) in [5, 5.41) is 4.71. The normalized spacial score (nSPS) is 13.1. The van der Waals surface area contributed by atoms with Crippen LogP contribution in [-0.4, -0.2) is 17.7 Å². The molecule has 1 unspecified atom stereocenters. The molecule has 92 valence electrons. The summed E-state index contributed by atoms with van der Waals surface area (Å²) in [5.41, 5.74) is 2.81. The molecule has 0 saturated heterocycles. The van der Waals surface area contributed by atoms with Crippen molar-refractivity contribution in [2.24, 2.45) is 0 Å². The smallest absolute Gasteiger partial charge is 0.0483 e. The molecule has 2 heteroatoms. The van der Waals surface area contributed by atoms with Crippen molar-refractivity contribution in [1.29, 1.82) is 0 Å². The number of nitrogens with one attached hydrogen (secondary N) is 1. The van der Waals surface area contributed by atoms with Crippen molar-refractivity contribution in [3.05, 3.63) is 36.0 Å². The standard InChI is InChI=1S/C15H22N2/c1-4-9-17-10-8-14-13(11-12(2)16-3)6-5-7-15(14)17/h5-8,10,12,16H,4,9,11H2,1-3H3. The van der Waals surface area contributed by atoms with Crippen molar-refractivity contribution in [2.75, 3.05) is 7.05 Å². The van der Waals surface area contributed by atoms with Crippen LogP contribution in [0.5, 0.6) is 0 Å². The third kappa shape index (κ3) is 2.52. The summed E-state index contributed by atoms with van der Waals surface area (Å²) < 4.78 is 2.35. The van der Waals surface area contributed by atoms with Crippen LogP contribution in [0.25, 0.3) is 10.9 Å². The number of fused-ring (bicyclic) bond motifs is 1. The van der Waals surface area contributed by atoms with E-state index in [4.69, 9.17) is 0 Å². The number of hydrogen-bond acceptors (Lipinski definition) is 1. The second-order valence-corrected chi connectivity index (χ2v) is 4.75. The number of aryl methyl sites for hydroxylation is 1. The van der Waals surface area contributed by atoms with Crippen molar-refractivity contribution >= 4 is 10.9 Å². The van der Waals surface area contributed by atoms with Gasteiger partial charge in [0.15, 0.2) is 0 Å². The Morgan fingerprint density at radius 3 is 2.82 bits per heavy atom. The fourth-order valence-electron chi connectivity index (χ4n) is 2.33. The Bertz CT molecular complexity index is 485. The fraction of sp³-hybridized carbons (Fsp3) is 0.467. The molecule has 1 N–H and O–H groups in total. The van der Waals surface area contributed by atoms with E-state index in [2.05, 4.69) is 54.2 Å². The number of benzene rings is 1. The molecule has 0 saturated carbocycles. The third-order valence-electron chi connectivity index (χ3n) is 3.39. The predicted molar refractivity (Wildman–Crippen MR) is 74.5 cm³/mol. The van der Waals surface area contributed by atoms with Gasteiger partial charge in [-0.3, -0.25) is 0 Å². The van der Waals surface area contributed by atoms with Crippen LogP contribution < -0.4 is 5.32 Å². The van der Waals surface area contributed by atoms with E-state index in [0.717, 1.165) is 13.0 Å². The maximum Gasteiger partial charge on any atom is 0.0483 e. The summed E-state index contributed by atoms with van der Waals surface area (Å²) >= 11 is 0. The van der Waals surface area contributed by atoms with Crippen molar-refractivity contribution < 1.29 is 0 Å². The minimum absolute atomic E-state index is 0.523. The summed E-state index contributed by atoms with van der Waals surface area (Å²) in [7, 11) is 2.02. The van der Waals surface area contributed by atoms with E-state index in [9.17, 15) is 0 Å². The van der Waals surface area contributed by atoms with Gasteiger partial charge in [0.05, 0.1) is 0 Å². The Morgan fingerprint density at radius 2 is 2.12 bits per heavy atom. The molecular weight excluding hydrogens is 208 g/mol. The summed E-state index contributed by atoms with van der Waals surface area (Å²) in [6, 6.07) is 9.41. The molecule has 0 aliphatic heterocycles. The molecule has 0 amide bonds. The van der Waals surface area contributed by atoms with Gasteiger partial charge in [-0.05, 0) is 44.5 Å². The van der Waals surface area contributed by atoms with Gasteiger partial charge in [0.25, 0.3) is 0 Å². The van der Waals surface area contributed by atoms with Crippen molar-refractivity contribution in [2.45, 2.75) is 39.3 Å². The van der Waals surface area contributed by atoms with E-state index < -0.39 is 0 Å². The summed E-state index contributed by atoms with van der Waals surface area (Å²) in [5.74, 6) is 0. The van der Waals surface area contributed by atoms with Gasteiger partial charge in [-0.2, -0.15) is 0 Å². The van der Waals surface area contributed by atoms with Crippen molar-refractivity contribution in [3.63, 3.8) is 0 Å². The largest absolute Gasteiger partial charge is 0.347 e. The molecule has 0 aliphatic carbocycles. The van der Waals surface area contributed by atoms with Gasteiger partial charge in [0.1, 0.15) is 0 Å². The van der Waals surface area contributed by atoms with Crippen LogP contribution in [0.1, 0.15) is 25.8 Å². The maximum absolute atomic E-state index is 3.30. The fourth-order valence-corrected chi connectivity index (χ4v) is 2.33. The minimum atomic E-state index is 0.523. The molecule has 0 spiro atoms. The lowest BCUT2D eigenvalue weighted by Gasteiger charge is -2.11. The zero-order chi connectivity index (χ0) is 12.3. The first-order valence-corrected chi connectivity index (χ1v) is 6.50. The molecule has 17 heavy (non-hydrogen) atoms. The second-order valence-electron chi connectivity index (χ2n) is 4.75. The van der Waals surface area contributed by atoms with E-state index in [0.29, 0.717) is 6.04 Å². The Morgan fingerprint density at radius 1 is 1.29 bits per heavy atom. The Hall–Kier alpha value is -1.28. The van der Waals surface area contributed by atoms with Crippen LogP contribution in [0.4, 0.5) is 0 Å². The molecule has 1 heterocycles. The molecule has 0 bridgehead atoms. The first-order chi connectivity index (χ1) is 8.26. The second kappa shape index (κ2) is 5.37. The zero-order valence-electron chi connectivity index (χ0n) is 11.0. The molecule has 2 rings (SSSR count). The van der Waals surface area contributed by atoms with Gasteiger partial charge in [-0.25, -0.2) is 0 Å². The zero-order valence-corrected chi connectivity index (χ0v) is 11.0. The highest BCUT2D eigenvalue weighted by Crippen LogP contribution is 2.21. The van der Waals surface area contributed by atoms with Crippen molar-refractivity contribution in [3.8, 4) is 0 Å². The van der Waals surface area contributed by atoms with Crippen LogP contribution >= 0.6 is 0 Å². The molecule has 2 aromatic rings. The van der Waals surface area contributed by atoms with Gasteiger partial charge in [-0.15, -0.1) is 0 Å². The quantitative estimate of drug-likeness (QED) is 0.834. The van der Waals surface area contributed by atoms with Gasteiger partial charge in [-0.1, -0.05) is 19.1 Å². The highest BCUT2D eigenvalue weighted by molar-refractivity contribution is 5.83. The molecule has 2 nitrogen and oxygen atoms in total. The topological polar surface area (TPSA) is 17.0 Å². The highest BCUT2D eigenvalue weighted by atomic mass is 14.9. The van der Waals surface area contributed by atoms with Crippen LogP contribution in [-0.2, 0) is 13.0 Å². The first kappa shape index (κ1) is 12.2. The SMILES string of the molecule is CCCn1ccc2c(CC(C)NC)cccc21. The average molecular weight is 230 g/mol.